The molecule has 0 unspecified atom stereocenters. The molecule has 2 aromatic heterocycles. The summed E-state index contributed by atoms with van der Waals surface area (Å²) in [5, 5.41) is 1.78. The maximum absolute atomic E-state index is 14.2. The third-order valence-electron chi connectivity index (χ3n) is 7.43. The summed E-state index contributed by atoms with van der Waals surface area (Å²) in [5.41, 5.74) is 2.27. The van der Waals surface area contributed by atoms with E-state index in [2.05, 4.69) is 4.99 Å². The van der Waals surface area contributed by atoms with Gasteiger partial charge >= 0.3 is 11.9 Å². The number of methoxy groups -OCH3 is 2. The van der Waals surface area contributed by atoms with Crippen LogP contribution in [-0.4, -0.2) is 37.3 Å². The molecule has 9 nitrogen and oxygen atoms in total. The summed E-state index contributed by atoms with van der Waals surface area (Å²) in [6, 6.07) is 21.1. The quantitative estimate of drug-likeness (QED) is 0.239. The van der Waals surface area contributed by atoms with E-state index in [0.717, 1.165) is 16.3 Å². The fourth-order valence-electron chi connectivity index (χ4n) is 5.40. The van der Waals surface area contributed by atoms with Gasteiger partial charge < -0.3 is 18.6 Å². The van der Waals surface area contributed by atoms with E-state index in [1.54, 1.807) is 63.4 Å². The van der Waals surface area contributed by atoms with Crippen molar-refractivity contribution in [3.63, 3.8) is 0 Å². The number of fused-ring (bicyclic) bond motifs is 2. The fraction of sp³-hybridized carbons (Fsp3) is 0.176. The summed E-state index contributed by atoms with van der Waals surface area (Å²) in [5.74, 6) is 0.598. The number of furan rings is 1. The number of benzene rings is 3. The molecule has 0 radical (unpaired) electrons. The molecule has 0 fully saturated rings. The van der Waals surface area contributed by atoms with Gasteiger partial charge in [0.25, 0.3) is 5.56 Å². The predicted octanol–water partition coefficient (Wildman–Crippen LogP) is 5.01. The third-order valence-corrected chi connectivity index (χ3v) is 8.41. The highest BCUT2D eigenvalue weighted by Gasteiger charge is 2.36. The Balaban J connectivity index is 1.50. The minimum atomic E-state index is -0.839. The molecule has 1 atom stereocenters. The van der Waals surface area contributed by atoms with Crippen molar-refractivity contribution in [2.45, 2.75) is 19.9 Å². The van der Waals surface area contributed by atoms with Crippen molar-refractivity contribution < 1.29 is 28.2 Å². The number of carbonyl (C=O) groups is 2. The van der Waals surface area contributed by atoms with Crippen LogP contribution in [0.25, 0.3) is 28.2 Å². The first-order valence-corrected chi connectivity index (χ1v) is 14.7. The number of carbonyl (C=O) groups excluding carboxylic acids is 2. The van der Waals surface area contributed by atoms with Gasteiger partial charge in [0.2, 0.25) is 0 Å². The number of rotatable bonds is 7. The molecule has 0 saturated carbocycles. The first-order chi connectivity index (χ1) is 21.3. The lowest BCUT2D eigenvalue weighted by atomic mass is 9.90. The molecule has 0 bridgehead atoms. The number of allylic oxidation sites excluding steroid dienone is 1. The van der Waals surface area contributed by atoms with Crippen LogP contribution in [0, 0.1) is 0 Å². The van der Waals surface area contributed by atoms with Crippen LogP contribution in [0.4, 0.5) is 0 Å². The maximum atomic E-state index is 14.2. The van der Waals surface area contributed by atoms with Gasteiger partial charge in [-0.1, -0.05) is 53.8 Å². The maximum Gasteiger partial charge on any atom is 0.338 e. The second kappa shape index (κ2) is 11.8. The molecule has 3 heterocycles. The summed E-state index contributed by atoms with van der Waals surface area (Å²) in [6.45, 7) is 3.66. The zero-order valence-electron chi connectivity index (χ0n) is 24.5. The molecule has 6 rings (SSSR count). The summed E-state index contributed by atoms with van der Waals surface area (Å²) in [7, 11) is 2.90. The summed E-state index contributed by atoms with van der Waals surface area (Å²) < 4.78 is 24.0. The summed E-state index contributed by atoms with van der Waals surface area (Å²) >= 11 is 1.21. The van der Waals surface area contributed by atoms with Gasteiger partial charge in [-0.3, -0.25) is 9.36 Å². The second-order valence-corrected chi connectivity index (χ2v) is 11.0. The average molecular weight is 609 g/mol. The monoisotopic (exact) mass is 608 g/mol. The standard InChI is InChI=1S/C34H28N2O7S/c1-5-42-33(39)28-19(2)35-34-36(30(28)29-24-9-7-6-8-20(24)14-16-26(29)40-3)31(37)27(44-34)18-23-15-17-25(43-23)21-10-12-22(13-11-21)32(38)41-4/h6-18,30H,5H2,1-4H3/b27-18-/t30-/m1/s1. The Morgan fingerprint density at radius 2 is 1.77 bits per heavy atom. The van der Waals surface area contributed by atoms with Gasteiger partial charge in [-0.05, 0) is 55.0 Å². The Kier molecular flexibility index (Phi) is 7.75. The molecule has 0 spiro atoms. The summed E-state index contributed by atoms with van der Waals surface area (Å²) in [6.07, 6.45) is 1.66. The van der Waals surface area contributed by atoms with Crippen LogP contribution in [-0.2, 0) is 14.3 Å². The number of esters is 2. The van der Waals surface area contributed by atoms with Gasteiger partial charge in [-0.15, -0.1) is 0 Å². The highest BCUT2D eigenvalue weighted by molar-refractivity contribution is 7.07. The Labute approximate surface area is 255 Å². The van der Waals surface area contributed by atoms with Gasteiger partial charge in [-0.2, -0.15) is 0 Å². The van der Waals surface area contributed by atoms with Crippen molar-refractivity contribution in [2.75, 3.05) is 20.8 Å². The first-order valence-electron chi connectivity index (χ1n) is 13.9. The number of thiazole rings is 1. The molecule has 0 aliphatic carbocycles. The van der Waals surface area contributed by atoms with E-state index in [1.165, 1.54) is 23.0 Å². The van der Waals surface area contributed by atoms with Crippen LogP contribution < -0.4 is 19.6 Å². The zero-order valence-corrected chi connectivity index (χ0v) is 25.3. The van der Waals surface area contributed by atoms with E-state index >= 15 is 0 Å². The third kappa shape index (κ3) is 5.03. The van der Waals surface area contributed by atoms with Crippen molar-refractivity contribution in [3.8, 4) is 17.1 Å². The average Bonchev–Trinajstić information content (AvgIpc) is 3.63. The van der Waals surface area contributed by atoms with Gasteiger partial charge in [0.1, 0.15) is 23.3 Å². The molecule has 1 aliphatic heterocycles. The van der Waals surface area contributed by atoms with Gasteiger partial charge in [0.15, 0.2) is 4.80 Å². The highest BCUT2D eigenvalue weighted by atomic mass is 32.1. The smallest absolute Gasteiger partial charge is 0.338 e. The lowest BCUT2D eigenvalue weighted by Gasteiger charge is -2.27. The SMILES string of the molecule is CCOC(=O)C1=C(C)N=c2s/c(=C\c3ccc(-c4ccc(C(=O)OC)cc4)o3)c(=O)n2[C@H]1c1c(OC)ccc2ccccc12. The molecular weight excluding hydrogens is 580 g/mol. The molecule has 0 saturated heterocycles. The van der Waals surface area contributed by atoms with Crippen LogP contribution in [0.15, 0.2) is 98.3 Å². The number of hydrogen-bond acceptors (Lipinski definition) is 9. The number of aromatic nitrogens is 1. The molecule has 222 valence electrons. The number of hydrogen-bond donors (Lipinski definition) is 0. The number of ether oxygens (including phenoxy) is 3. The number of nitrogens with zero attached hydrogens (tertiary/aromatic N) is 2. The first kappa shape index (κ1) is 28.9. The molecular formula is C34H28N2O7S. The minimum absolute atomic E-state index is 0.172. The van der Waals surface area contributed by atoms with Crippen LogP contribution in [0.5, 0.6) is 5.75 Å². The van der Waals surface area contributed by atoms with Crippen molar-refractivity contribution in [3.05, 3.63) is 121 Å². The molecule has 44 heavy (non-hydrogen) atoms. The van der Waals surface area contributed by atoms with E-state index in [9.17, 15) is 14.4 Å². The second-order valence-electron chi connectivity index (χ2n) is 9.98. The lowest BCUT2D eigenvalue weighted by Crippen LogP contribution is -2.40. The Hall–Kier alpha value is -5.22. The molecule has 0 amide bonds. The summed E-state index contributed by atoms with van der Waals surface area (Å²) in [4.78, 5) is 44.5. The minimum Gasteiger partial charge on any atom is -0.496 e. The van der Waals surface area contributed by atoms with Gasteiger partial charge in [-0.25, -0.2) is 14.6 Å². The largest absolute Gasteiger partial charge is 0.496 e. The van der Waals surface area contributed by atoms with Crippen molar-refractivity contribution in [1.82, 2.24) is 4.57 Å². The normalized spacial score (nSPS) is 14.7. The van der Waals surface area contributed by atoms with E-state index in [4.69, 9.17) is 18.6 Å². The zero-order chi connectivity index (χ0) is 31.0. The lowest BCUT2D eigenvalue weighted by molar-refractivity contribution is -0.139. The van der Waals surface area contributed by atoms with Crippen LogP contribution in [0.1, 0.15) is 41.6 Å². The Morgan fingerprint density at radius 1 is 1.00 bits per heavy atom. The molecule has 0 N–H and O–H groups in total. The molecule has 5 aromatic rings. The van der Waals surface area contributed by atoms with E-state index < -0.39 is 18.0 Å². The van der Waals surface area contributed by atoms with Crippen LogP contribution in [0.2, 0.25) is 0 Å². The molecule has 10 heteroatoms. The molecule has 1 aliphatic rings. The predicted molar refractivity (Wildman–Crippen MR) is 166 cm³/mol. The van der Waals surface area contributed by atoms with E-state index in [0.29, 0.717) is 43.4 Å². The van der Waals surface area contributed by atoms with Crippen LogP contribution >= 0.6 is 11.3 Å². The molecule has 3 aromatic carbocycles. The van der Waals surface area contributed by atoms with E-state index in [1.807, 2.05) is 36.4 Å². The highest BCUT2D eigenvalue weighted by Crippen LogP contribution is 2.40. The fourth-order valence-corrected chi connectivity index (χ4v) is 6.43. The van der Waals surface area contributed by atoms with E-state index in [-0.39, 0.29) is 17.7 Å². The topological polar surface area (TPSA) is 109 Å². The van der Waals surface area contributed by atoms with Crippen LogP contribution in [0.3, 0.4) is 0 Å². The van der Waals surface area contributed by atoms with Gasteiger partial charge in [0.05, 0.1) is 42.2 Å². The van der Waals surface area contributed by atoms with Crippen molar-refractivity contribution in [2.24, 2.45) is 4.99 Å². The Bertz CT molecular complexity index is 2130. The van der Waals surface area contributed by atoms with Gasteiger partial charge in [0, 0.05) is 17.2 Å². The van der Waals surface area contributed by atoms with Crippen molar-refractivity contribution in [1.29, 1.82) is 0 Å². The Morgan fingerprint density at radius 3 is 2.50 bits per heavy atom. The van der Waals surface area contributed by atoms with Crippen molar-refractivity contribution >= 4 is 40.1 Å².